The molecule has 0 aliphatic carbocycles. The number of likely N-dealkylation sites (N-methyl/N-ethyl adjacent to an activating group) is 1. The van der Waals surface area contributed by atoms with E-state index in [9.17, 15) is 4.79 Å². The second-order valence-electron chi connectivity index (χ2n) is 4.67. The number of benzene rings is 1. The van der Waals surface area contributed by atoms with Gasteiger partial charge < -0.3 is 15.7 Å². The third kappa shape index (κ3) is 3.82. The van der Waals surface area contributed by atoms with Crippen molar-refractivity contribution in [3.63, 3.8) is 0 Å². The highest BCUT2D eigenvalue weighted by Crippen LogP contribution is 2.14. The summed E-state index contributed by atoms with van der Waals surface area (Å²) in [5.41, 5.74) is 5.01. The molecule has 4 nitrogen and oxygen atoms in total. The quantitative estimate of drug-likeness (QED) is 0.713. The summed E-state index contributed by atoms with van der Waals surface area (Å²) in [6.45, 7) is 7.37. The van der Waals surface area contributed by atoms with Gasteiger partial charge in [-0.05, 0) is 50.1 Å². The van der Waals surface area contributed by atoms with E-state index in [2.05, 4.69) is 43.5 Å². The molecule has 100 valence electrons. The molecule has 1 rings (SSSR count). The van der Waals surface area contributed by atoms with Crippen LogP contribution in [0.5, 0.6) is 0 Å². The Kier molecular flexibility index (Phi) is 5.31. The third-order valence-corrected chi connectivity index (χ3v) is 3.26. The van der Waals surface area contributed by atoms with Gasteiger partial charge in [-0.15, -0.1) is 0 Å². The number of carbonyl (C=O) groups is 1. The van der Waals surface area contributed by atoms with Crippen LogP contribution in [0.4, 0.5) is 0 Å². The van der Waals surface area contributed by atoms with Crippen LogP contribution < -0.4 is 10.6 Å². The summed E-state index contributed by atoms with van der Waals surface area (Å²) in [5, 5.41) is 14.8. The predicted molar refractivity (Wildman–Crippen MR) is 72.8 cm³/mol. The maximum absolute atomic E-state index is 10.8. The van der Waals surface area contributed by atoms with Crippen LogP contribution in [0.25, 0.3) is 0 Å². The largest absolute Gasteiger partial charge is 0.480 e. The van der Waals surface area contributed by atoms with Gasteiger partial charge in [0.25, 0.3) is 0 Å². The standard InChI is InChI=1S/C14H22N2O2/c1-9-5-11(3)12(6-10(9)2)7-16-8-13(15-4)14(17)18/h5-6,13,15-16H,7-8H2,1-4H3,(H,17,18). The SMILES string of the molecule is CNC(CNCc1cc(C)c(C)cc1C)C(=O)O. The second kappa shape index (κ2) is 6.52. The molecule has 0 fully saturated rings. The highest BCUT2D eigenvalue weighted by Gasteiger charge is 2.13. The van der Waals surface area contributed by atoms with Crippen LogP contribution in [0.1, 0.15) is 22.3 Å². The first-order chi connectivity index (χ1) is 8.45. The fourth-order valence-corrected chi connectivity index (χ4v) is 1.87. The molecular weight excluding hydrogens is 228 g/mol. The van der Waals surface area contributed by atoms with E-state index < -0.39 is 12.0 Å². The van der Waals surface area contributed by atoms with Crippen molar-refractivity contribution in [2.75, 3.05) is 13.6 Å². The molecule has 18 heavy (non-hydrogen) atoms. The summed E-state index contributed by atoms with van der Waals surface area (Å²) in [6, 6.07) is 3.78. The van der Waals surface area contributed by atoms with Gasteiger partial charge in [0.1, 0.15) is 6.04 Å². The van der Waals surface area contributed by atoms with Gasteiger partial charge in [-0.25, -0.2) is 0 Å². The number of aryl methyl sites for hydroxylation is 3. The Bertz CT molecular complexity index is 430. The Labute approximate surface area is 108 Å². The summed E-state index contributed by atoms with van der Waals surface area (Å²) in [4.78, 5) is 10.8. The number of nitrogens with one attached hydrogen (secondary N) is 2. The molecule has 0 aromatic heterocycles. The van der Waals surface area contributed by atoms with E-state index in [0.29, 0.717) is 13.1 Å². The first-order valence-electron chi connectivity index (χ1n) is 6.13. The van der Waals surface area contributed by atoms with Crippen molar-refractivity contribution in [1.29, 1.82) is 0 Å². The van der Waals surface area contributed by atoms with Gasteiger partial charge in [0.2, 0.25) is 0 Å². The molecule has 1 atom stereocenters. The monoisotopic (exact) mass is 250 g/mol. The van der Waals surface area contributed by atoms with Crippen LogP contribution in [0.15, 0.2) is 12.1 Å². The molecule has 1 aromatic carbocycles. The molecule has 0 saturated heterocycles. The van der Waals surface area contributed by atoms with Gasteiger partial charge >= 0.3 is 5.97 Å². The average Bonchev–Trinajstić information content (AvgIpc) is 2.30. The zero-order valence-electron chi connectivity index (χ0n) is 11.5. The number of carboxylic acid groups (broad SMARTS) is 1. The summed E-state index contributed by atoms with van der Waals surface area (Å²) in [7, 11) is 1.65. The normalized spacial score (nSPS) is 12.4. The van der Waals surface area contributed by atoms with E-state index in [1.165, 1.54) is 22.3 Å². The lowest BCUT2D eigenvalue weighted by Crippen LogP contribution is -2.42. The predicted octanol–water partition coefficient (Wildman–Crippen LogP) is 1.37. The van der Waals surface area contributed by atoms with Crippen LogP contribution in [0.3, 0.4) is 0 Å². The molecule has 1 aromatic rings. The minimum Gasteiger partial charge on any atom is -0.480 e. The van der Waals surface area contributed by atoms with Gasteiger partial charge in [-0.3, -0.25) is 4.79 Å². The maximum Gasteiger partial charge on any atom is 0.322 e. The van der Waals surface area contributed by atoms with Crippen LogP contribution in [0, 0.1) is 20.8 Å². The summed E-state index contributed by atoms with van der Waals surface area (Å²) in [5.74, 6) is -0.832. The number of rotatable bonds is 6. The van der Waals surface area contributed by atoms with Crippen LogP contribution in [0.2, 0.25) is 0 Å². The van der Waals surface area contributed by atoms with Crippen molar-refractivity contribution in [2.24, 2.45) is 0 Å². The van der Waals surface area contributed by atoms with E-state index >= 15 is 0 Å². The summed E-state index contributed by atoms with van der Waals surface area (Å²) < 4.78 is 0. The highest BCUT2D eigenvalue weighted by molar-refractivity contribution is 5.73. The first kappa shape index (κ1) is 14.7. The molecule has 0 heterocycles. The van der Waals surface area contributed by atoms with Gasteiger partial charge in [-0.2, -0.15) is 0 Å². The van der Waals surface area contributed by atoms with E-state index in [1.54, 1.807) is 7.05 Å². The molecule has 0 bridgehead atoms. The number of hydrogen-bond donors (Lipinski definition) is 3. The Morgan fingerprint density at radius 1 is 1.22 bits per heavy atom. The minimum absolute atomic E-state index is 0.415. The van der Waals surface area contributed by atoms with E-state index in [0.717, 1.165) is 0 Å². The molecular formula is C14H22N2O2. The highest BCUT2D eigenvalue weighted by atomic mass is 16.4. The molecule has 3 N–H and O–H groups in total. The Morgan fingerprint density at radius 3 is 2.39 bits per heavy atom. The van der Waals surface area contributed by atoms with Crippen molar-refractivity contribution >= 4 is 5.97 Å². The van der Waals surface area contributed by atoms with Gasteiger partial charge in [0.15, 0.2) is 0 Å². The average molecular weight is 250 g/mol. The van der Waals surface area contributed by atoms with Crippen molar-refractivity contribution in [3.05, 3.63) is 34.4 Å². The van der Waals surface area contributed by atoms with Gasteiger partial charge in [-0.1, -0.05) is 12.1 Å². The number of carboxylic acids is 1. The molecule has 0 aliphatic rings. The Morgan fingerprint density at radius 2 is 1.83 bits per heavy atom. The number of aliphatic carboxylic acids is 1. The first-order valence-corrected chi connectivity index (χ1v) is 6.13. The summed E-state index contributed by atoms with van der Waals surface area (Å²) >= 11 is 0. The lowest BCUT2D eigenvalue weighted by Gasteiger charge is -2.14. The molecule has 0 amide bonds. The molecule has 1 unspecified atom stereocenters. The lowest BCUT2D eigenvalue weighted by molar-refractivity contribution is -0.139. The number of hydrogen-bond acceptors (Lipinski definition) is 3. The molecule has 0 spiro atoms. The van der Waals surface area contributed by atoms with Crippen molar-refractivity contribution in [3.8, 4) is 0 Å². The smallest absolute Gasteiger partial charge is 0.322 e. The van der Waals surface area contributed by atoms with E-state index in [-0.39, 0.29) is 0 Å². The van der Waals surface area contributed by atoms with Crippen LogP contribution in [-0.4, -0.2) is 30.7 Å². The maximum atomic E-state index is 10.8. The van der Waals surface area contributed by atoms with Gasteiger partial charge in [0, 0.05) is 13.1 Å². The van der Waals surface area contributed by atoms with Crippen LogP contribution >= 0.6 is 0 Å². The lowest BCUT2D eigenvalue weighted by atomic mass is 10.0. The van der Waals surface area contributed by atoms with Crippen LogP contribution in [-0.2, 0) is 11.3 Å². The molecule has 4 heteroatoms. The van der Waals surface area contributed by atoms with Crippen molar-refractivity contribution < 1.29 is 9.90 Å². The Hall–Kier alpha value is -1.39. The van der Waals surface area contributed by atoms with Gasteiger partial charge in [0.05, 0.1) is 0 Å². The fourth-order valence-electron chi connectivity index (χ4n) is 1.87. The molecule has 0 saturated carbocycles. The van der Waals surface area contributed by atoms with Crippen molar-refractivity contribution in [1.82, 2.24) is 10.6 Å². The van der Waals surface area contributed by atoms with E-state index in [4.69, 9.17) is 5.11 Å². The fraction of sp³-hybridized carbons (Fsp3) is 0.500. The second-order valence-corrected chi connectivity index (χ2v) is 4.67. The summed E-state index contributed by atoms with van der Waals surface area (Å²) in [6.07, 6.45) is 0. The van der Waals surface area contributed by atoms with Crippen molar-refractivity contribution in [2.45, 2.75) is 33.4 Å². The third-order valence-electron chi connectivity index (χ3n) is 3.26. The Balaban J connectivity index is 2.59. The zero-order chi connectivity index (χ0) is 13.7. The molecule has 0 aliphatic heterocycles. The van der Waals surface area contributed by atoms with E-state index in [1.807, 2.05) is 0 Å². The minimum atomic E-state index is -0.832. The zero-order valence-corrected chi connectivity index (χ0v) is 11.5. The topological polar surface area (TPSA) is 61.4 Å². The molecule has 0 radical (unpaired) electrons.